The maximum Gasteiger partial charge on any atom is 0.319 e. The van der Waals surface area contributed by atoms with E-state index in [1.54, 1.807) is 0 Å². The zero-order chi connectivity index (χ0) is 14.3. The fourth-order valence-corrected chi connectivity index (χ4v) is 1.37. The lowest BCUT2D eigenvalue weighted by Gasteiger charge is -2.09. The molecule has 0 aliphatic carbocycles. The van der Waals surface area contributed by atoms with Gasteiger partial charge in [-0.1, -0.05) is 0 Å². The summed E-state index contributed by atoms with van der Waals surface area (Å²) in [6.45, 7) is 3.54. The van der Waals surface area contributed by atoms with Gasteiger partial charge in [-0.3, -0.25) is 0 Å². The number of nitrogens with one attached hydrogen (secondary N) is 2. The van der Waals surface area contributed by atoms with Crippen LogP contribution in [-0.2, 0) is 4.74 Å². The van der Waals surface area contributed by atoms with Gasteiger partial charge in [-0.05, 0) is 13.3 Å². The van der Waals surface area contributed by atoms with Crippen LogP contribution >= 0.6 is 0 Å². The quantitative estimate of drug-likeness (QED) is 0.304. The second-order valence-electron chi connectivity index (χ2n) is 3.79. The van der Waals surface area contributed by atoms with Gasteiger partial charge in [-0.25, -0.2) is 4.79 Å². The van der Waals surface area contributed by atoms with E-state index in [0.717, 1.165) is 12.1 Å². The molecule has 0 spiro atoms. The van der Waals surface area contributed by atoms with Crippen molar-refractivity contribution in [2.75, 3.05) is 25.1 Å². The summed E-state index contributed by atoms with van der Waals surface area (Å²) >= 11 is 0. The van der Waals surface area contributed by atoms with Gasteiger partial charge in [-0.2, -0.15) is 0 Å². The van der Waals surface area contributed by atoms with Crippen LogP contribution in [0, 0.1) is 0 Å². The molecule has 1 aromatic rings. The molecule has 0 aromatic heterocycles. The Kier molecular flexibility index (Phi) is 5.74. The van der Waals surface area contributed by atoms with E-state index in [0.29, 0.717) is 26.2 Å². The molecule has 7 nitrogen and oxygen atoms in total. The van der Waals surface area contributed by atoms with Crippen LogP contribution in [0.15, 0.2) is 12.1 Å². The fraction of sp³-hybridized carbons (Fsp3) is 0.417. The predicted octanol–water partition coefficient (Wildman–Crippen LogP) is 1.35. The van der Waals surface area contributed by atoms with Crippen molar-refractivity contribution in [3.05, 3.63) is 12.1 Å². The topological polar surface area (TPSA) is 111 Å². The van der Waals surface area contributed by atoms with Gasteiger partial charge in [0.05, 0.1) is 5.69 Å². The summed E-state index contributed by atoms with van der Waals surface area (Å²) in [5.74, 6) is -1.64. The SMILES string of the molecule is CCOCCCNC(=O)Nc1cc(O)c(O)c(O)c1. The molecule has 0 aliphatic rings. The van der Waals surface area contributed by atoms with Crippen molar-refractivity contribution < 1.29 is 24.9 Å². The number of anilines is 1. The number of phenols is 3. The Morgan fingerprint density at radius 1 is 1.26 bits per heavy atom. The van der Waals surface area contributed by atoms with Gasteiger partial charge in [0, 0.05) is 31.9 Å². The van der Waals surface area contributed by atoms with Gasteiger partial charge in [-0.15, -0.1) is 0 Å². The molecule has 1 rings (SSSR count). The number of phenolic OH excluding ortho intramolecular Hbond substituents is 3. The highest BCUT2D eigenvalue weighted by molar-refractivity contribution is 5.90. The number of ether oxygens (including phenoxy) is 1. The lowest BCUT2D eigenvalue weighted by molar-refractivity contribution is 0.145. The Bertz CT molecular complexity index is 413. The average molecular weight is 270 g/mol. The van der Waals surface area contributed by atoms with E-state index in [1.165, 1.54) is 0 Å². The van der Waals surface area contributed by atoms with Crippen molar-refractivity contribution in [3.8, 4) is 17.2 Å². The van der Waals surface area contributed by atoms with Gasteiger partial charge < -0.3 is 30.7 Å². The first-order valence-electron chi connectivity index (χ1n) is 5.92. The van der Waals surface area contributed by atoms with E-state index < -0.39 is 23.3 Å². The minimum absolute atomic E-state index is 0.176. The summed E-state index contributed by atoms with van der Waals surface area (Å²) in [5.41, 5.74) is 0.176. The second-order valence-corrected chi connectivity index (χ2v) is 3.79. The third-order valence-corrected chi connectivity index (χ3v) is 2.28. The molecule has 0 saturated heterocycles. The monoisotopic (exact) mass is 270 g/mol. The molecule has 0 fully saturated rings. The molecule has 1 aromatic carbocycles. The van der Waals surface area contributed by atoms with Crippen molar-refractivity contribution in [1.82, 2.24) is 5.32 Å². The van der Waals surface area contributed by atoms with Gasteiger partial charge in [0.1, 0.15) is 0 Å². The zero-order valence-electron chi connectivity index (χ0n) is 10.6. The first-order valence-corrected chi connectivity index (χ1v) is 5.92. The second kappa shape index (κ2) is 7.32. The predicted molar refractivity (Wildman–Crippen MR) is 69.6 cm³/mol. The summed E-state index contributed by atoms with van der Waals surface area (Å²) in [5, 5.41) is 32.7. The highest BCUT2D eigenvalue weighted by Crippen LogP contribution is 2.37. The van der Waals surface area contributed by atoms with Crippen LogP contribution in [-0.4, -0.2) is 41.1 Å². The molecule has 0 unspecified atom stereocenters. The minimum Gasteiger partial charge on any atom is -0.504 e. The van der Waals surface area contributed by atoms with Gasteiger partial charge in [0.25, 0.3) is 0 Å². The molecular formula is C12H18N2O5. The van der Waals surface area contributed by atoms with E-state index >= 15 is 0 Å². The first kappa shape index (κ1) is 14.9. The van der Waals surface area contributed by atoms with Crippen LogP contribution in [0.2, 0.25) is 0 Å². The third kappa shape index (κ3) is 4.92. The smallest absolute Gasteiger partial charge is 0.319 e. The fourth-order valence-electron chi connectivity index (χ4n) is 1.37. The van der Waals surface area contributed by atoms with E-state index in [-0.39, 0.29) is 5.69 Å². The van der Waals surface area contributed by atoms with Crippen LogP contribution in [0.3, 0.4) is 0 Å². The van der Waals surface area contributed by atoms with Crippen molar-refractivity contribution in [2.24, 2.45) is 0 Å². The molecule has 7 heteroatoms. The van der Waals surface area contributed by atoms with Crippen molar-refractivity contribution in [1.29, 1.82) is 0 Å². The Labute approximate surface area is 110 Å². The molecular weight excluding hydrogens is 252 g/mol. The van der Waals surface area contributed by atoms with Crippen LogP contribution in [0.25, 0.3) is 0 Å². The summed E-state index contributed by atoms with van der Waals surface area (Å²) in [6.07, 6.45) is 0.688. The lowest BCUT2D eigenvalue weighted by atomic mass is 10.2. The van der Waals surface area contributed by atoms with E-state index in [9.17, 15) is 15.0 Å². The zero-order valence-corrected chi connectivity index (χ0v) is 10.6. The van der Waals surface area contributed by atoms with Crippen LogP contribution in [0.4, 0.5) is 10.5 Å². The number of benzene rings is 1. The number of carbonyl (C=O) groups is 1. The largest absolute Gasteiger partial charge is 0.504 e. The number of rotatable bonds is 6. The number of urea groups is 1. The number of aromatic hydroxyl groups is 3. The van der Waals surface area contributed by atoms with E-state index in [1.807, 2.05) is 6.92 Å². The summed E-state index contributed by atoms with van der Waals surface area (Å²) in [6, 6.07) is 1.80. The molecule has 0 atom stereocenters. The molecule has 0 radical (unpaired) electrons. The standard InChI is InChI=1S/C12H18N2O5/c1-2-19-5-3-4-13-12(18)14-8-6-9(15)11(17)10(16)7-8/h6-7,15-17H,2-5H2,1H3,(H2,13,14,18). The Morgan fingerprint density at radius 3 is 2.47 bits per heavy atom. The maximum absolute atomic E-state index is 11.5. The minimum atomic E-state index is -0.623. The van der Waals surface area contributed by atoms with Crippen LogP contribution < -0.4 is 10.6 Å². The van der Waals surface area contributed by atoms with Crippen LogP contribution in [0.5, 0.6) is 17.2 Å². The highest BCUT2D eigenvalue weighted by Gasteiger charge is 2.09. The van der Waals surface area contributed by atoms with Gasteiger partial charge in [0.2, 0.25) is 0 Å². The van der Waals surface area contributed by atoms with Crippen molar-refractivity contribution in [3.63, 3.8) is 0 Å². The molecule has 0 bridgehead atoms. The van der Waals surface area contributed by atoms with Crippen molar-refractivity contribution in [2.45, 2.75) is 13.3 Å². The Hall–Kier alpha value is -2.15. The molecule has 5 N–H and O–H groups in total. The summed E-state index contributed by atoms with van der Waals surface area (Å²) in [7, 11) is 0. The van der Waals surface area contributed by atoms with Gasteiger partial charge in [0.15, 0.2) is 17.2 Å². The Balaban J connectivity index is 2.40. The summed E-state index contributed by atoms with van der Waals surface area (Å²) < 4.78 is 5.11. The number of hydrogen-bond acceptors (Lipinski definition) is 5. The Morgan fingerprint density at radius 2 is 1.89 bits per heavy atom. The molecule has 2 amide bonds. The third-order valence-electron chi connectivity index (χ3n) is 2.28. The molecule has 0 aliphatic heterocycles. The van der Waals surface area contributed by atoms with Crippen LogP contribution in [0.1, 0.15) is 13.3 Å². The lowest BCUT2D eigenvalue weighted by Crippen LogP contribution is -2.30. The molecule has 0 heterocycles. The maximum atomic E-state index is 11.5. The highest BCUT2D eigenvalue weighted by atomic mass is 16.5. The number of carbonyl (C=O) groups excluding carboxylic acids is 1. The normalized spacial score (nSPS) is 10.2. The molecule has 106 valence electrons. The number of hydrogen-bond donors (Lipinski definition) is 5. The summed E-state index contributed by atoms with van der Waals surface area (Å²) in [4.78, 5) is 11.5. The molecule has 0 saturated carbocycles. The molecule has 19 heavy (non-hydrogen) atoms. The van der Waals surface area contributed by atoms with E-state index in [2.05, 4.69) is 10.6 Å². The van der Waals surface area contributed by atoms with Crippen molar-refractivity contribution >= 4 is 11.7 Å². The van der Waals surface area contributed by atoms with E-state index in [4.69, 9.17) is 9.84 Å². The first-order chi connectivity index (χ1) is 9.04. The average Bonchev–Trinajstić information content (AvgIpc) is 2.35. The number of amides is 2. The van der Waals surface area contributed by atoms with Gasteiger partial charge >= 0.3 is 6.03 Å².